The fraction of sp³-hybridized carbons (Fsp3) is 0.125. The first kappa shape index (κ1) is 19.3. The van der Waals surface area contributed by atoms with E-state index in [9.17, 15) is 26.4 Å². The van der Waals surface area contributed by atoms with E-state index < -0.39 is 21.2 Å². The van der Waals surface area contributed by atoms with Crippen molar-refractivity contribution in [2.75, 3.05) is 0 Å². The van der Waals surface area contributed by atoms with Gasteiger partial charge in [-0.3, -0.25) is 9.08 Å². The third-order valence-electron chi connectivity index (χ3n) is 3.10. The summed E-state index contributed by atoms with van der Waals surface area (Å²) in [7, 11) is -6.01. The first-order valence-corrected chi connectivity index (χ1v) is 8.37. The molecule has 26 heavy (non-hydrogen) atoms. The highest BCUT2D eigenvalue weighted by molar-refractivity contribution is 7.87. The summed E-state index contributed by atoms with van der Waals surface area (Å²) in [4.78, 5) is 11.9. The van der Waals surface area contributed by atoms with Crippen molar-refractivity contribution in [3.8, 4) is 6.07 Å². The van der Waals surface area contributed by atoms with Gasteiger partial charge in [-0.1, -0.05) is 18.2 Å². The summed E-state index contributed by atoms with van der Waals surface area (Å²) in [5, 5.41) is 8.74. The summed E-state index contributed by atoms with van der Waals surface area (Å²) < 4.78 is 63.9. The van der Waals surface area contributed by atoms with Crippen LogP contribution in [0.4, 0.5) is 13.2 Å². The van der Waals surface area contributed by atoms with Crippen LogP contribution in [-0.2, 0) is 10.1 Å². The van der Waals surface area contributed by atoms with E-state index in [2.05, 4.69) is 4.28 Å². The molecule has 0 aliphatic rings. The van der Waals surface area contributed by atoms with Gasteiger partial charge >= 0.3 is 15.6 Å². The Morgan fingerprint density at radius 2 is 1.77 bits per heavy atom. The van der Waals surface area contributed by atoms with E-state index in [1.54, 1.807) is 12.1 Å². The molecule has 0 fully saturated rings. The van der Waals surface area contributed by atoms with Crippen LogP contribution < -0.4 is 9.84 Å². The smallest absolute Gasteiger partial charge is 0.277 e. The Morgan fingerprint density at radius 3 is 2.31 bits per heavy atom. The molecule has 2 aromatic rings. The Hall–Kier alpha value is -3.06. The topological polar surface area (TPSA) is 89.2 Å². The minimum absolute atomic E-state index is 0.0516. The third kappa shape index (κ3) is 4.31. The predicted molar refractivity (Wildman–Crippen MR) is 87.1 cm³/mol. The lowest BCUT2D eigenvalue weighted by Crippen LogP contribution is -2.38. The van der Waals surface area contributed by atoms with Crippen molar-refractivity contribution in [3.63, 3.8) is 0 Å². The summed E-state index contributed by atoms with van der Waals surface area (Å²) in [6.45, 7) is 1.52. The van der Waals surface area contributed by atoms with E-state index in [1.807, 2.05) is 6.07 Å². The van der Waals surface area contributed by atoms with Crippen molar-refractivity contribution < 1.29 is 25.9 Å². The average molecular weight is 384 g/mol. The second-order valence-corrected chi connectivity index (χ2v) is 6.65. The van der Waals surface area contributed by atoms with Crippen LogP contribution in [0.2, 0.25) is 0 Å². The van der Waals surface area contributed by atoms with Crippen molar-refractivity contribution in [3.05, 3.63) is 69.1 Å². The van der Waals surface area contributed by atoms with Crippen LogP contribution in [0.25, 0.3) is 12.2 Å². The fourth-order valence-electron chi connectivity index (χ4n) is 1.90. The highest BCUT2D eigenvalue weighted by Gasteiger charge is 2.49. The predicted octanol–water partition coefficient (Wildman–Crippen LogP) is 2.48. The van der Waals surface area contributed by atoms with Crippen LogP contribution in [-0.4, -0.2) is 18.7 Å². The molecule has 0 unspecified atom stereocenters. The molecular weight excluding hydrogens is 373 g/mol. The summed E-state index contributed by atoms with van der Waals surface area (Å²) in [5.74, 6) is 0. The van der Waals surface area contributed by atoms with E-state index in [0.717, 1.165) is 6.07 Å². The van der Waals surface area contributed by atoms with Gasteiger partial charge in [0.15, 0.2) is 0 Å². The number of rotatable bonds is 4. The zero-order chi connectivity index (χ0) is 19.5. The molecule has 1 heterocycles. The highest BCUT2D eigenvalue weighted by atomic mass is 32.2. The van der Waals surface area contributed by atoms with Crippen molar-refractivity contribution in [2.24, 2.45) is 0 Å². The molecule has 1 aromatic heterocycles. The Morgan fingerprint density at radius 1 is 1.15 bits per heavy atom. The summed E-state index contributed by atoms with van der Waals surface area (Å²) in [5.41, 5.74) is -5.56. The summed E-state index contributed by atoms with van der Waals surface area (Å²) >= 11 is 0. The average Bonchev–Trinajstić information content (AvgIpc) is 2.55. The Labute approximate surface area is 146 Å². The molecule has 0 radical (unpaired) electrons. The van der Waals surface area contributed by atoms with E-state index in [1.165, 1.54) is 37.3 Å². The monoisotopic (exact) mass is 384 g/mol. The van der Waals surface area contributed by atoms with Gasteiger partial charge in [0.1, 0.15) is 0 Å². The molecule has 1 aromatic carbocycles. The Bertz CT molecular complexity index is 1050. The van der Waals surface area contributed by atoms with Crippen molar-refractivity contribution in [1.82, 2.24) is 4.73 Å². The molecule has 0 saturated carbocycles. The van der Waals surface area contributed by atoms with Gasteiger partial charge in [-0.2, -0.15) is 26.9 Å². The lowest BCUT2D eigenvalue weighted by atomic mass is 10.1. The molecule has 0 aliphatic heterocycles. The molecule has 6 nitrogen and oxygen atoms in total. The van der Waals surface area contributed by atoms with E-state index in [4.69, 9.17) is 5.26 Å². The maximum atomic E-state index is 12.5. The van der Waals surface area contributed by atoms with Crippen LogP contribution in [0, 0.1) is 18.3 Å². The summed E-state index contributed by atoms with van der Waals surface area (Å²) in [6, 6.07) is 10.3. The Kier molecular flexibility index (Phi) is 5.22. The largest absolute Gasteiger partial charge is 0.536 e. The fourth-order valence-corrected chi connectivity index (χ4v) is 2.34. The molecular formula is C16H11F3N2O4S. The molecule has 2 rings (SSSR count). The quantitative estimate of drug-likeness (QED) is 0.756. The van der Waals surface area contributed by atoms with Crippen molar-refractivity contribution >= 4 is 22.3 Å². The third-order valence-corrected chi connectivity index (χ3v) is 4.02. The van der Waals surface area contributed by atoms with Gasteiger partial charge in [0.25, 0.3) is 5.56 Å². The number of alkyl halides is 3. The molecule has 0 spiro atoms. The van der Waals surface area contributed by atoms with Gasteiger partial charge in [-0.05, 0) is 42.3 Å². The second-order valence-electron chi connectivity index (χ2n) is 5.13. The zero-order valence-electron chi connectivity index (χ0n) is 13.2. The molecule has 0 aliphatic carbocycles. The standard InChI is InChI=1S/C16H11F3N2O4S/c1-11-8-14(7-6-12-2-4-13(10-20)5-3-12)21(15(22)9-11)25-26(23,24)16(17,18)19/h2-9H,1H3. The minimum atomic E-state index is -6.01. The number of aromatic nitrogens is 1. The van der Waals surface area contributed by atoms with Crippen LogP contribution in [0.5, 0.6) is 0 Å². The van der Waals surface area contributed by atoms with Gasteiger partial charge in [-0.25, -0.2) is 0 Å². The molecule has 0 N–H and O–H groups in total. The first-order valence-electron chi connectivity index (χ1n) is 6.97. The van der Waals surface area contributed by atoms with E-state index in [0.29, 0.717) is 16.7 Å². The van der Waals surface area contributed by atoms with E-state index >= 15 is 0 Å². The van der Waals surface area contributed by atoms with Gasteiger partial charge in [0, 0.05) is 6.07 Å². The SMILES string of the molecule is Cc1cc(C=Cc2ccc(C#N)cc2)n(OS(=O)(=O)C(F)(F)F)c(=O)c1. The lowest BCUT2D eigenvalue weighted by Gasteiger charge is -2.13. The molecule has 0 bridgehead atoms. The van der Waals surface area contributed by atoms with Gasteiger partial charge < -0.3 is 0 Å². The number of hydrogen-bond acceptors (Lipinski definition) is 5. The van der Waals surface area contributed by atoms with Gasteiger partial charge in [0.05, 0.1) is 17.3 Å². The maximum Gasteiger partial charge on any atom is 0.536 e. The lowest BCUT2D eigenvalue weighted by molar-refractivity contribution is -0.0549. The number of nitriles is 1. The zero-order valence-corrected chi connectivity index (χ0v) is 14.0. The van der Waals surface area contributed by atoms with Gasteiger partial charge in [0.2, 0.25) is 0 Å². The van der Waals surface area contributed by atoms with Gasteiger partial charge in [-0.15, -0.1) is 4.73 Å². The van der Waals surface area contributed by atoms with Crippen LogP contribution in [0.3, 0.4) is 0 Å². The molecule has 10 heteroatoms. The van der Waals surface area contributed by atoms with Crippen LogP contribution in [0.1, 0.15) is 22.4 Å². The number of hydrogen-bond donors (Lipinski definition) is 0. The number of aryl methyl sites for hydroxylation is 1. The van der Waals surface area contributed by atoms with Crippen molar-refractivity contribution in [1.29, 1.82) is 5.26 Å². The van der Waals surface area contributed by atoms with Crippen LogP contribution >= 0.6 is 0 Å². The summed E-state index contributed by atoms with van der Waals surface area (Å²) in [6.07, 6.45) is 2.65. The first-order chi connectivity index (χ1) is 12.0. The van der Waals surface area contributed by atoms with E-state index in [-0.39, 0.29) is 10.4 Å². The molecule has 0 amide bonds. The Balaban J connectivity index is 2.46. The molecule has 136 valence electrons. The number of pyridine rings is 1. The number of halogens is 3. The second kappa shape index (κ2) is 7.05. The number of benzene rings is 1. The minimum Gasteiger partial charge on any atom is -0.277 e. The van der Waals surface area contributed by atoms with Crippen molar-refractivity contribution in [2.45, 2.75) is 12.4 Å². The molecule has 0 atom stereocenters. The van der Waals surface area contributed by atoms with Crippen LogP contribution in [0.15, 0.2) is 41.2 Å². The normalized spacial score (nSPS) is 12.1. The highest BCUT2D eigenvalue weighted by Crippen LogP contribution is 2.23. The molecule has 0 saturated heterocycles. The maximum absolute atomic E-state index is 12.5. The number of nitrogens with zero attached hydrogens (tertiary/aromatic N) is 2.